The molecule has 6 N–H and O–H groups in total. The fourth-order valence-electron chi connectivity index (χ4n) is 8.94. The maximum absolute atomic E-state index is 14.3. The number of aromatic hydroxyl groups is 1. The zero-order chi connectivity index (χ0) is 36.4. The van der Waals surface area contributed by atoms with Crippen LogP contribution in [-0.2, 0) is 25.7 Å². The molecule has 14 nitrogen and oxygen atoms in total. The molecule has 2 unspecified atom stereocenters. The van der Waals surface area contributed by atoms with Gasteiger partial charge in [0.05, 0.1) is 43.3 Å². The van der Waals surface area contributed by atoms with E-state index in [0.717, 1.165) is 31.7 Å². The maximum Gasteiger partial charge on any atom is 0.235 e. The summed E-state index contributed by atoms with van der Waals surface area (Å²) in [4.78, 5) is 73.9. The molecule has 1 amide bonds. The minimum atomic E-state index is -3.06. The lowest BCUT2D eigenvalue weighted by Crippen LogP contribution is -2.77. The Labute approximate surface area is 289 Å². The van der Waals surface area contributed by atoms with Crippen LogP contribution in [0.5, 0.6) is 11.5 Å². The Hall–Kier alpha value is -4.05. The minimum absolute atomic E-state index is 0.101. The van der Waals surface area contributed by atoms with E-state index in [1.807, 2.05) is 18.2 Å². The van der Waals surface area contributed by atoms with E-state index < -0.39 is 82.1 Å². The smallest absolute Gasteiger partial charge is 0.235 e. The van der Waals surface area contributed by atoms with E-state index in [4.69, 9.17) is 10.5 Å². The van der Waals surface area contributed by atoms with E-state index in [1.54, 1.807) is 20.1 Å². The van der Waals surface area contributed by atoms with Gasteiger partial charge in [-0.05, 0) is 54.9 Å². The minimum Gasteiger partial charge on any atom is -0.507 e. The van der Waals surface area contributed by atoms with E-state index in [1.165, 1.54) is 25.1 Å². The number of phenolic OH excluding ortho intramolecular Hbond substituents is 1. The number of benzene rings is 2. The van der Waals surface area contributed by atoms with Crippen LogP contribution in [0.1, 0.15) is 34.3 Å². The van der Waals surface area contributed by atoms with Crippen LogP contribution in [0, 0.1) is 23.7 Å². The van der Waals surface area contributed by atoms with Gasteiger partial charge in [0.2, 0.25) is 5.91 Å². The van der Waals surface area contributed by atoms with Gasteiger partial charge in [-0.2, -0.15) is 0 Å². The van der Waals surface area contributed by atoms with E-state index in [2.05, 4.69) is 9.80 Å². The summed E-state index contributed by atoms with van der Waals surface area (Å²) < 4.78 is 5.69. The van der Waals surface area contributed by atoms with E-state index in [9.17, 15) is 44.4 Å². The number of Topliss-reactive ketones (excluding diaryl/α,β-unsaturated/α-hetero) is 4. The lowest BCUT2D eigenvalue weighted by atomic mass is 9.49. The first-order valence-electron chi connectivity index (χ1n) is 16.8. The van der Waals surface area contributed by atoms with Gasteiger partial charge in [0.1, 0.15) is 11.5 Å². The predicted molar refractivity (Wildman–Crippen MR) is 178 cm³/mol. The van der Waals surface area contributed by atoms with Crippen molar-refractivity contribution in [1.82, 2.24) is 14.7 Å². The molecule has 2 aromatic carbocycles. The van der Waals surface area contributed by atoms with Crippen LogP contribution in [0.15, 0.2) is 30.3 Å². The summed E-state index contributed by atoms with van der Waals surface area (Å²) in [7, 11) is 4.49. The van der Waals surface area contributed by atoms with E-state index in [-0.39, 0.29) is 12.2 Å². The Morgan fingerprint density at radius 1 is 1.04 bits per heavy atom. The number of nitrogens with zero attached hydrogens (tertiary/aromatic N) is 3. The molecule has 1 saturated heterocycles. The van der Waals surface area contributed by atoms with E-state index in [0.29, 0.717) is 35.5 Å². The molecule has 0 aromatic heterocycles. The molecule has 0 bridgehead atoms. The van der Waals surface area contributed by atoms with Crippen molar-refractivity contribution >= 4 is 29.0 Å². The summed E-state index contributed by atoms with van der Waals surface area (Å²) in [6.07, 6.45) is -1.73. The molecule has 1 heterocycles. The SMILES string of the molecule is COc1ccc(-c2ccc(O)c3c2[C@H](C)[C@@H]2C(C3=O)C(=O)[C@]3(O)C(=O)C(C(N)=O)C(=O)[C@@H](N(C)C)[C@@H]3[C@H]2O)cc1CN1CCN(CCO)CC1. The van der Waals surface area contributed by atoms with Gasteiger partial charge < -0.3 is 30.9 Å². The van der Waals surface area contributed by atoms with Gasteiger partial charge in [-0.15, -0.1) is 0 Å². The maximum atomic E-state index is 14.3. The summed E-state index contributed by atoms with van der Waals surface area (Å²) in [5.74, 6) is -13.2. The van der Waals surface area contributed by atoms with Crippen molar-refractivity contribution in [2.75, 3.05) is 60.5 Å². The average Bonchev–Trinajstić information content (AvgIpc) is 3.07. The number of carbonyl (C=O) groups excluding carboxylic acids is 5. The zero-order valence-corrected chi connectivity index (χ0v) is 28.5. The quantitative estimate of drug-likeness (QED) is 0.215. The number of fused-ring (bicyclic) bond motifs is 3. The van der Waals surface area contributed by atoms with Crippen LogP contribution in [0.4, 0.5) is 0 Å². The molecule has 2 aromatic rings. The molecule has 3 fully saturated rings. The zero-order valence-electron chi connectivity index (χ0n) is 28.5. The highest BCUT2D eigenvalue weighted by Crippen LogP contribution is 2.56. The topological polar surface area (TPSA) is 211 Å². The molecule has 6 rings (SSSR count). The molecule has 0 radical (unpaired) electrons. The molecule has 1 aliphatic heterocycles. The van der Waals surface area contributed by atoms with Gasteiger partial charge in [0, 0.05) is 50.7 Å². The number of β-amino-alcohol motifs (C(OH)–C–C–N with tert-alkyl or cyclic N) is 1. The van der Waals surface area contributed by atoms with Crippen molar-refractivity contribution in [3.8, 4) is 22.6 Å². The van der Waals surface area contributed by atoms with Gasteiger partial charge >= 0.3 is 0 Å². The first-order valence-corrected chi connectivity index (χ1v) is 16.8. The molecule has 4 aliphatic rings. The highest BCUT2D eigenvalue weighted by molar-refractivity contribution is 6.32. The van der Waals surface area contributed by atoms with Gasteiger partial charge in [-0.1, -0.05) is 19.1 Å². The molecular weight excluding hydrogens is 648 g/mol. The largest absolute Gasteiger partial charge is 0.507 e. The van der Waals surface area contributed by atoms with Crippen molar-refractivity contribution in [3.05, 3.63) is 47.0 Å². The van der Waals surface area contributed by atoms with Crippen molar-refractivity contribution in [2.45, 2.75) is 37.1 Å². The average molecular weight is 693 g/mol. The second-order valence-corrected chi connectivity index (χ2v) is 14.2. The Morgan fingerprint density at radius 2 is 1.70 bits per heavy atom. The normalized spacial score (nSPS) is 31.7. The van der Waals surface area contributed by atoms with Crippen molar-refractivity contribution < 1.29 is 49.1 Å². The van der Waals surface area contributed by atoms with Gasteiger partial charge in [0.15, 0.2) is 34.7 Å². The lowest BCUT2D eigenvalue weighted by molar-refractivity contribution is -0.196. The number of ketones is 4. The summed E-state index contributed by atoms with van der Waals surface area (Å²) >= 11 is 0. The van der Waals surface area contributed by atoms with Gasteiger partial charge in [-0.3, -0.25) is 38.7 Å². The predicted octanol–water partition coefficient (Wildman–Crippen LogP) is -0.816. The number of ether oxygens (including phenoxy) is 1. The third-order valence-electron chi connectivity index (χ3n) is 11.3. The van der Waals surface area contributed by atoms with E-state index >= 15 is 0 Å². The Balaban J connectivity index is 1.43. The Morgan fingerprint density at radius 3 is 2.30 bits per heavy atom. The van der Waals surface area contributed by atoms with Crippen molar-refractivity contribution in [3.63, 3.8) is 0 Å². The fourth-order valence-corrected chi connectivity index (χ4v) is 8.94. The molecule has 268 valence electrons. The second-order valence-electron chi connectivity index (χ2n) is 14.2. The number of hydrogen-bond donors (Lipinski definition) is 5. The molecule has 50 heavy (non-hydrogen) atoms. The number of amides is 1. The third kappa shape index (κ3) is 5.36. The van der Waals surface area contributed by atoms with Crippen molar-refractivity contribution in [1.29, 1.82) is 0 Å². The summed E-state index contributed by atoms with van der Waals surface area (Å²) in [5, 5.41) is 44.4. The Bertz CT molecular complexity index is 1750. The van der Waals surface area contributed by atoms with Crippen LogP contribution in [-0.4, -0.2) is 142 Å². The highest BCUT2D eigenvalue weighted by Gasteiger charge is 2.73. The van der Waals surface area contributed by atoms with Gasteiger partial charge in [-0.25, -0.2) is 0 Å². The number of piperazine rings is 1. The number of nitrogens with two attached hydrogens (primary N) is 1. The molecular formula is C36H44N4O10. The summed E-state index contributed by atoms with van der Waals surface area (Å²) in [6.45, 7) is 6.18. The number of hydrogen-bond acceptors (Lipinski definition) is 13. The fraction of sp³-hybridized carbons (Fsp3) is 0.528. The van der Waals surface area contributed by atoms with Crippen LogP contribution in [0.3, 0.4) is 0 Å². The number of carbonyl (C=O) groups is 5. The number of aliphatic hydroxyl groups excluding tert-OH is 2. The first kappa shape index (κ1) is 35.8. The summed E-state index contributed by atoms with van der Waals surface area (Å²) in [5.41, 5.74) is 4.71. The monoisotopic (exact) mass is 692 g/mol. The molecule has 3 aliphatic carbocycles. The number of aliphatic hydroxyl groups is 3. The standard InChI is InChI=1S/C36H44N4O10/c1-17-23-20(18-5-8-22(50-4)19(15-18)16-40-11-9-39(10-12-40)13-14-41)6-7-21(42)25(23)30(43)26-24(17)31(44)28-29(38(2)3)32(45)27(35(37)48)34(47)36(28,49)33(26)46/h5-8,15,17,24,26-29,31,41-42,44,49H,9-14,16H2,1-4H3,(H2,37,48)/t17-,24+,26?,27?,28+,29-,31-,36-/m0/s1. The second kappa shape index (κ2) is 13.2. The number of likely N-dealkylation sites (N-methyl/N-ethyl adjacent to an activating group) is 1. The van der Waals surface area contributed by atoms with Gasteiger partial charge in [0.25, 0.3) is 0 Å². The molecule has 0 spiro atoms. The molecule has 8 atom stereocenters. The number of phenols is 1. The third-order valence-corrected chi connectivity index (χ3v) is 11.3. The van der Waals surface area contributed by atoms with Crippen LogP contribution < -0.4 is 10.5 Å². The Kier molecular flexibility index (Phi) is 9.48. The van der Waals surface area contributed by atoms with Crippen LogP contribution in [0.2, 0.25) is 0 Å². The van der Waals surface area contributed by atoms with Crippen LogP contribution >= 0.6 is 0 Å². The van der Waals surface area contributed by atoms with Crippen molar-refractivity contribution in [2.24, 2.45) is 29.4 Å². The molecule has 2 saturated carbocycles. The molecule has 14 heteroatoms. The van der Waals surface area contributed by atoms with Crippen LogP contribution in [0.25, 0.3) is 11.1 Å². The highest BCUT2D eigenvalue weighted by atomic mass is 16.5. The summed E-state index contributed by atoms with van der Waals surface area (Å²) in [6, 6.07) is 7.15. The number of primary amides is 1. The first-order chi connectivity index (χ1) is 23.7. The number of rotatable bonds is 8. The lowest BCUT2D eigenvalue weighted by Gasteiger charge is -2.56. The number of methoxy groups -OCH3 is 1.